The highest BCUT2D eigenvalue weighted by Crippen LogP contribution is 2.36. The Kier molecular flexibility index (Phi) is 10.5. The average molecular weight is 586 g/mol. The van der Waals surface area contributed by atoms with Gasteiger partial charge in [0.15, 0.2) is 6.29 Å². The molecule has 0 radical (unpaired) electrons. The topological polar surface area (TPSA) is 190 Å². The first kappa shape index (κ1) is 31.3. The van der Waals surface area contributed by atoms with Crippen LogP contribution in [0.25, 0.3) is 0 Å². The molecule has 0 saturated carbocycles. The van der Waals surface area contributed by atoms with Gasteiger partial charge in [0.05, 0.1) is 30.3 Å². The predicted octanol–water partition coefficient (Wildman–Crippen LogP) is -2.20. The minimum Gasteiger partial charge on any atom is -0.544 e. The molecule has 1 aromatic rings. The maximum absolute atomic E-state index is 12.1. The van der Waals surface area contributed by atoms with E-state index >= 15 is 0 Å². The molecule has 1 saturated heterocycles. The van der Waals surface area contributed by atoms with Gasteiger partial charge in [-0.3, -0.25) is 4.90 Å². The van der Waals surface area contributed by atoms with Crippen molar-refractivity contribution < 1.29 is 59.3 Å². The van der Waals surface area contributed by atoms with Gasteiger partial charge in [-0.25, -0.2) is 4.79 Å². The van der Waals surface area contributed by atoms with Crippen LogP contribution in [0, 0.1) is 11.8 Å². The van der Waals surface area contributed by atoms with Crippen molar-refractivity contribution in [1.29, 1.82) is 0 Å². The molecule has 1 unspecified atom stereocenters. The van der Waals surface area contributed by atoms with Crippen molar-refractivity contribution in [2.45, 2.75) is 49.5 Å². The van der Waals surface area contributed by atoms with E-state index < -0.39 is 73.4 Å². The second-order valence-electron chi connectivity index (χ2n) is 10.3. The van der Waals surface area contributed by atoms with E-state index in [2.05, 4.69) is 6.58 Å². The normalized spacial score (nSPS) is 33.8. The van der Waals surface area contributed by atoms with Crippen molar-refractivity contribution >= 4 is 11.9 Å². The Bertz CT molecular complexity index is 1240. The van der Waals surface area contributed by atoms with E-state index in [0.29, 0.717) is 17.0 Å². The number of quaternary nitrogens is 1. The fourth-order valence-electron chi connectivity index (χ4n) is 5.23. The number of carboxylic acid groups (broad SMARTS) is 2. The minimum absolute atomic E-state index is 0.105. The fourth-order valence-corrected chi connectivity index (χ4v) is 5.23. The zero-order chi connectivity index (χ0) is 30.4. The molecule has 10 atom stereocenters. The van der Waals surface area contributed by atoms with Crippen molar-refractivity contribution in [3.63, 3.8) is 0 Å². The first-order valence-electron chi connectivity index (χ1n) is 13.5. The van der Waals surface area contributed by atoms with Crippen LogP contribution in [0.15, 0.2) is 90.9 Å². The smallest absolute Gasteiger partial charge is 0.335 e. The summed E-state index contributed by atoms with van der Waals surface area (Å²) in [5.41, 5.74) is 1.39. The number of carbonyl (C=O) groups excluding carboxylic acids is 1. The number of allylic oxidation sites excluding steroid dienone is 4. The summed E-state index contributed by atoms with van der Waals surface area (Å²) in [5, 5.41) is 61.9. The number of aliphatic hydroxyl groups excluding tert-OH is 4. The van der Waals surface area contributed by atoms with Crippen LogP contribution in [0.5, 0.6) is 0 Å². The van der Waals surface area contributed by atoms with Crippen LogP contribution in [0.1, 0.15) is 5.56 Å². The van der Waals surface area contributed by atoms with E-state index in [9.17, 15) is 40.2 Å². The molecule has 0 amide bonds. The van der Waals surface area contributed by atoms with Gasteiger partial charge >= 0.3 is 5.97 Å². The number of carbonyl (C=O) groups is 2. The van der Waals surface area contributed by atoms with Crippen LogP contribution in [-0.4, -0.2) is 93.7 Å². The standard InChI is InChI=1S/C30H35NO11/c1-2-19-20(11-10-18-9-6-12-31(14-18)22(28(38)39)13-17-7-4-3-5-8-17)21(27(36)37)16-40-29(19)42-30-26(35)25(34)24(33)23(15-32)41-30/h2-11,14,16,19-20,22-26,29-30,32-35H,1,12-13,15H2,(H,36,37)(H,38,39)/b11-10+/t19-,20+,22-,23-,24-,25+,26-,29+,30+/m1/s1. The lowest BCUT2D eigenvalue weighted by molar-refractivity contribution is -0.862. The third-order valence-corrected chi connectivity index (χ3v) is 7.58. The van der Waals surface area contributed by atoms with Crippen LogP contribution >= 0.6 is 0 Å². The van der Waals surface area contributed by atoms with Crippen molar-refractivity contribution in [3.8, 4) is 0 Å². The molecule has 12 heteroatoms. The SMILES string of the molecule is C=C[C@H]1[C@H](O[C@@H]2O[C@H](CO)[C@@H](O)[C@H](O)[C@H]2O)OC=C(C(=O)O)[C@H]1/C=C/C1=C[NH+]([C@H](Cc2ccccc2)C(=O)[O-])CC=C1. The predicted molar refractivity (Wildman–Crippen MR) is 144 cm³/mol. The first-order chi connectivity index (χ1) is 20.1. The van der Waals surface area contributed by atoms with E-state index in [-0.39, 0.29) is 12.0 Å². The molecule has 42 heavy (non-hydrogen) atoms. The van der Waals surface area contributed by atoms with Crippen LogP contribution in [0.2, 0.25) is 0 Å². The van der Waals surface area contributed by atoms with Gasteiger partial charge in [0.25, 0.3) is 0 Å². The van der Waals surface area contributed by atoms with Crippen LogP contribution in [0.4, 0.5) is 0 Å². The van der Waals surface area contributed by atoms with E-state index in [1.54, 1.807) is 24.4 Å². The Hall–Kier alpha value is -3.62. The maximum Gasteiger partial charge on any atom is 0.335 e. The van der Waals surface area contributed by atoms with E-state index in [0.717, 1.165) is 11.8 Å². The van der Waals surface area contributed by atoms with Gasteiger partial charge in [0.2, 0.25) is 6.29 Å². The highest BCUT2D eigenvalue weighted by Gasteiger charge is 2.47. The molecule has 6 N–H and O–H groups in total. The van der Waals surface area contributed by atoms with Gasteiger partial charge in [-0.2, -0.15) is 0 Å². The molecule has 0 bridgehead atoms. The van der Waals surface area contributed by atoms with Crippen molar-refractivity contribution in [1.82, 2.24) is 0 Å². The molecular weight excluding hydrogens is 550 g/mol. The molecule has 0 aromatic heterocycles. The number of carboxylic acids is 2. The van der Waals surface area contributed by atoms with Crippen LogP contribution in [0.3, 0.4) is 0 Å². The van der Waals surface area contributed by atoms with Gasteiger partial charge in [-0.15, -0.1) is 6.58 Å². The summed E-state index contributed by atoms with van der Waals surface area (Å²) in [6.07, 6.45) is 2.48. The number of hydrogen-bond donors (Lipinski definition) is 6. The van der Waals surface area contributed by atoms with Crippen molar-refractivity contribution in [2.24, 2.45) is 11.8 Å². The maximum atomic E-state index is 12.1. The molecular formula is C30H35NO11. The molecule has 3 heterocycles. The Morgan fingerprint density at radius 3 is 2.52 bits per heavy atom. The Labute approximate surface area is 242 Å². The minimum atomic E-state index is -1.69. The zero-order valence-corrected chi connectivity index (χ0v) is 22.6. The van der Waals surface area contributed by atoms with E-state index in [1.165, 1.54) is 6.08 Å². The Morgan fingerprint density at radius 2 is 1.88 bits per heavy atom. The lowest BCUT2D eigenvalue weighted by Crippen LogP contribution is -3.14. The summed E-state index contributed by atoms with van der Waals surface area (Å²) in [6.45, 7) is 3.56. The van der Waals surface area contributed by atoms with Gasteiger partial charge in [-0.1, -0.05) is 48.6 Å². The molecule has 12 nitrogen and oxygen atoms in total. The molecule has 3 aliphatic rings. The largest absolute Gasteiger partial charge is 0.544 e. The van der Waals surface area contributed by atoms with Crippen LogP contribution in [-0.2, 0) is 30.2 Å². The first-order valence-corrected chi connectivity index (χ1v) is 13.5. The number of rotatable bonds is 11. The molecule has 1 aromatic carbocycles. The summed E-state index contributed by atoms with van der Waals surface area (Å²) in [7, 11) is 0. The molecule has 4 rings (SSSR count). The summed E-state index contributed by atoms with van der Waals surface area (Å²) in [5.74, 6) is -4.08. The molecule has 226 valence electrons. The highest BCUT2D eigenvalue weighted by atomic mass is 16.8. The fraction of sp³-hybridized carbons (Fsp3) is 0.400. The number of hydrogen-bond acceptors (Lipinski definition) is 10. The van der Waals surface area contributed by atoms with Crippen molar-refractivity contribution in [3.05, 3.63) is 96.5 Å². The molecule has 1 fully saturated rings. The monoisotopic (exact) mass is 585 g/mol. The lowest BCUT2D eigenvalue weighted by atomic mass is 9.83. The zero-order valence-electron chi connectivity index (χ0n) is 22.6. The van der Waals surface area contributed by atoms with E-state index in [1.807, 2.05) is 36.4 Å². The average Bonchev–Trinajstić information content (AvgIpc) is 2.99. The summed E-state index contributed by atoms with van der Waals surface area (Å²) in [4.78, 5) is 24.7. The van der Waals surface area contributed by atoms with E-state index in [4.69, 9.17) is 14.2 Å². The second kappa shape index (κ2) is 14.0. The van der Waals surface area contributed by atoms with Gasteiger partial charge in [0, 0.05) is 17.9 Å². The van der Waals surface area contributed by atoms with Crippen LogP contribution < -0.4 is 10.0 Å². The summed E-state index contributed by atoms with van der Waals surface area (Å²) < 4.78 is 16.7. The lowest BCUT2D eigenvalue weighted by Gasteiger charge is -2.42. The third-order valence-electron chi connectivity index (χ3n) is 7.58. The van der Waals surface area contributed by atoms with Gasteiger partial charge in [-0.05, 0) is 17.7 Å². The molecule has 0 spiro atoms. The van der Waals surface area contributed by atoms with Crippen molar-refractivity contribution in [2.75, 3.05) is 13.2 Å². The molecule has 3 aliphatic heterocycles. The van der Waals surface area contributed by atoms with Gasteiger partial charge in [0.1, 0.15) is 43.2 Å². The van der Waals surface area contributed by atoms with Gasteiger partial charge < -0.3 is 49.6 Å². The second-order valence-corrected chi connectivity index (χ2v) is 10.3. The third kappa shape index (κ3) is 7.05. The molecule has 0 aliphatic carbocycles. The number of nitrogens with one attached hydrogen (secondary N) is 1. The number of aliphatic carboxylic acids is 2. The Morgan fingerprint density at radius 1 is 1.14 bits per heavy atom. The highest BCUT2D eigenvalue weighted by molar-refractivity contribution is 5.87. The Balaban J connectivity index is 1.54. The summed E-state index contributed by atoms with van der Waals surface area (Å²) in [6, 6.07) is 8.37. The number of aliphatic hydroxyl groups is 4. The quantitative estimate of drug-likeness (QED) is 0.155. The summed E-state index contributed by atoms with van der Waals surface area (Å²) >= 11 is 0. The number of benzene rings is 1. The number of ether oxygens (including phenoxy) is 3.